The van der Waals surface area contributed by atoms with Crippen LogP contribution in [0.3, 0.4) is 0 Å². The van der Waals surface area contributed by atoms with E-state index in [1.807, 2.05) is 20.8 Å². The van der Waals surface area contributed by atoms with Crippen molar-refractivity contribution in [3.05, 3.63) is 23.5 Å². The number of aromatic nitrogens is 1. The molecule has 0 radical (unpaired) electrons. The van der Waals surface area contributed by atoms with Gasteiger partial charge in [0.05, 0.1) is 25.0 Å². The summed E-state index contributed by atoms with van der Waals surface area (Å²) in [7, 11) is 1.29. The zero-order valence-corrected chi connectivity index (χ0v) is 15.4. The number of pyridine rings is 1. The number of hydrogen-bond donors (Lipinski definition) is 1. The summed E-state index contributed by atoms with van der Waals surface area (Å²) in [5.74, 6) is -0.534. The molecule has 1 aliphatic rings. The normalized spacial score (nSPS) is 16.5. The van der Waals surface area contributed by atoms with Crippen LogP contribution in [0.25, 0.3) is 0 Å². The fourth-order valence-corrected chi connectivity index (χ4v) is 2.62. The van der Waals surface area contributed by atoms with Crippen molar-refractivity contribution >= 4 is 17.7 Å². The number of anilines is 1. The summed E-state index contributed by atoms with van der Waals surface area (Å²) in [4.78, 5) is 29.7. The van der Waals surface area contributed by atoms with Crippen LogP contribution < -0.4 is 5.73 Å². The Morgan fingerprint density at radius 1 is 1.38 bits per heavy atom. The summed E-state index contributed by atoms with van der Waals surface area (Å²) < 4.78 is 29.4. The van der Waals surface area contributed by atoms with Crippen LogP contribution >= 0.6 is 0 Å². The number of nitrogens with zero attached hydrogens (tertiary/aromatic N) is 2. The highest BCUT2D eigenvalue weighted by Gasteiger charge is 2.34. The standard InChI is InChI=1S/C16H23N3O4.CH2F2/c1-16(2,3)23-15(21)19-7-5-6-13(19)10-8-12(14(20)22-4)18-9-11(10)17;2-1-3/h8-9,13H,5-7,17H2,1-4H3;1H2. The molecule has 2 heterocycles. The third kappa shape index (κ3) is 5.82. The lowest BCUT2D eigenvalue weighted by Gasteiger charge is -2.29. The molecule has 0 bridgehead atoms. The average molecular weight is 373 g/mol. The Balaban J connectivity index is 0.00000105. The molecule has 1 saturated heterocycles. The molecule has 26 heavy (non-hydrogen) atoms. The molecule has 1 fully saturated rings. The minimum Gasteiger partial charge on any atom is -0.464 e. The second kappa shape index (κ2) is 9.30. The van der Waals surface area contributed by atoms with Gasteiger partial charge in [-0.25, -0.2) is 23.4 Å². The summed E-state index contributed by atoms with van der Waals surface area (Å²) in [5, 5.41) is 0. The fraction of sp³-hybridized carbons (Fsp3) is 0.588. The zero-order valence-electron chi connectivity index (χ0n) is 15.4. The summed E-state index contributed by atoms with van der Waals surface area (Å²) in [6.45, 7) is 4.32. The second-order valence-corrected chi connectivity index (χ2v) is 6.62. The van der Waals surface area contributed by atoms with Gasteiger partial charge in [0, 0.05) is 12.1 Å². The van der Waals surface area contributed by atoms with Crippen molar-refractivity contribution in [3.63, 3.8) is 0 Å². The fourth-order valence-electron chi connectivity index (χ4n) is 2.62. The first-order chi connectivity index (χ1) is 12.1. The van der Waals surface area contributed by atoms with Crippen LogP contribution in [0, 0.1) is 0 Å². The van der Waals surface area contributed by atoms with Gasteiger partial charge in [0.15, 0.2) is 0 Å². The van der Waals surface area contributed by atoms with Crippen molar-refractivity contribution in [3.8, 4) is 0 Å². The first-order valence-corrected chi connectivity index (χ1v) is 8.09. The molecule has 1 aromatic rings. The van der Waals surface area contributed by atoms with Gasteiger partial charge < -0.3 is 20.1 Å². The summed E-state index contributed by atoms with van der Waals surface area (Å²) in [5.41, 5.74) is 6.76. The zero-order chi connectivity index (χ0) is 19.9. The van der Waals surface area contributed by atoms with Crippen LogP contribution in [0.2, 0.25) is 0 Å². The molecule has 0 saturated carbocycles. The van der Waals surface area contributed by atoms with E-state index in [0.29, 0.717) is 17.8 Å². The maximum absolute atomic E-state index is 12.4. The highest BCUT2D eigenvalue weighted by atomic mass is 19.3. The van der Waals surface area contributed by atoms with E-state index in [-0.39, 0.29) is 17.8 Å². The molecule has 2 N–H and O–H groups in total. The molecule has 146 valence electrons. The Kier molecular flexibility index (Phi) is 7.73. The number of esters is 1. The van der Waals surface area contributed by atoms with Gasteiger partial charge >= 0.3 is 12.1 Å². The predicted molar refractivity (Wildman–Crippen MR) is 92.0 cm³/mol. The third-order valence-corrected chi connectivity index (χ3v) is 3.60. The van der Waals surface area contributed by atoms with Gasteiger partial charge in [-0.05, 0) is 39.7 Å². The van der Waals surface area contributed by atoms with Gasteiger partial charge in [-0.3, -0.25) is 0 Å². The van der Waals surface area contributed by atoms with Crippen LogP contribution in [0.15, 0.2) is 12.3 Å². The minimum atomic E-state index is -1.75. The van der Waals surface area contributed by atoms with Crippen LogP contribution in [-0.4, -0.2) is 48.1 Å². The van der Waals surface area contributed by atoms with Crippen LogP contribution in [0.5, 0.6) is 0 Å². The molecule has 0 aromatic carbocycles. The molecule has 1 unspecified atom stereocenters. The van der Waals surface area contributed by atoms with E-state index in [9.17, 15) is 18.4 Å². The van der Waals surface area contributed by atoms with Crippen molar-refractivity contribution in [2.45, 2.75) is 45.3 Å². The number of hydrogen-bond acceptors (Lipinski definition) is 6. The van der Waals surface area contributed by atoms with Gasteiger partial charge in [-0.15, -0.1) is 0 Å². The van der Waals surface area contributed by atoms with Crippen molar-refractivity contribution in [1.82, 2.24) is 9.88 Å². The van der Waals surface area contributed by atoms with Crippen molar-refractivity contribution in [2.75, 3.05) is 26.3 Å². The van der Waals surface area contributed by atoms with Gasteiger partial charge in [0.2, 0.25) is 6.93 Å². The minimum absolute atomic E-state index is 0.174. The van der Waals surface area contributed by atoms with E-state index in [1.54, 1.807) is 11.0 Å². The molecule has 1 aliphatic heterocycles. The van der Waals surface area contributed by atoms with E-state index in [2.05, 4.69) is 9.72 Å². The van der Waals surface area contributed by atoms with E-state index < -0.39 is 18.5 Å². The van der Waals surface area contributed by atoms with Crippen molar-refractivity contribution in [1.29, 1.82) is 0 Å². The lowest BCUT2D eigenvalue weighted by atomic mass is 10.0. The quantitative estimate of drug-likeness (QED) is 0.799. The Morgan fingerprint density at radius 3 is 2.54 bits per heavy atom. The lowest BCUT2D eigenvalue weighted by molar-refractivity contribution is 0.0225. The molecule has 7 nitrogen and oxygen atoms in total. The van der Waals surface area contributed by atoms with Crippen LogP contribution in [-0.2, 0) is 9.47 Å². The largest absolute Gasteiger partial charge is 0.464 e. The molecule has 0 spiro atoms. The summed E-state index contributed by atoms with van der Waals surface area (Å²) in [6, 6.07) is 1.37. The van der Waals surface area contributed by atoms with Crippen LogP contribution in [0.4, 0.5) is 19.3 Å². The number of methoxy groups -OCH3 is 1. The molecular weight excluding hydrogens is 348 g/mol. The van der Waals surface area contributed by atoms with Gasteiger partial charge in [-0.2, -0.15) is 0 Å². The van der Waals surface area contributed by atoms with Crippen molar-refractivity contribution in [2.24, 2.45) is 0 Å². The monoisotopic (exact) mass is 373 g/mol. The van der Waals surface area contributed by atoms with Crippen LogP contribution in [0.1, 0.15) is 55.7 Å². The molecule has 9 heteroatoms. The third-order valence-electron chi connectivity index (χ3n) is 3.60. The van der Waals surface area contributed by atoms with Gasteiger partial charge in [-0.1, -0.05) is 0 Å². The van der Waals surface area contributed by atoms with Gasteiger partial charge in [0.25, 0.3) is 0 Å². The number of ether oxygens (including phenoxy) is 2. The highest BCUT2D eigenvalue weighted by molar-refractivity contribution is 5.87. The SMILES string of the molecule is COC(=O)c1cc(C2CCCN2C(=O)OC(C)(C)C)c(N)cn1.FCF. The topological polar surface area (TPSA) is 94.8 Å². The Bertz CT molecular complexity index is 635. The Hall–Kier alpha value is -2.45. The first kappa shape index (κ1) is 21.6. The maximum Gasteiger partial charge on any atom is 0.410 e. The molecule has 1 amide bonds. The second-order valence-electron chi connectivity index (χ2n) is 6.62. The average Bonchev–Trinajstić information content (AvgIpc) is 3.03. The number of carbonyl (C=O) groups is 2. The number of nitrogens with two attached hydrogens (primary N) is 1. The number of halogens is 2. The number of alkyl halides is 2. The Labute approximate surface area is 151 Å². The summed E-state index contributed by atoms with van der Waals surface area (Å²) >= 11 is 0. The predicted octanol–water partition coefficient (Wildman–Crippen LogP) is 3.41. The molecule has 1 atom stereocenters. The number of carbonyl (C=O) groups excluding carboxylic acids is 2. The van der Waals surface area contributed by atoms with E-state index in [4.69, 9.17) is 10.5 Å². The molecular formula is C17H25F2N3O4. The number of amides is 1. The number of likely N-dealkylation sites (tertiary alicyclic amines) is 1. The van der Waals surface area contributed by atoms with Crippen molar-refractivity contribution < 1.29 is 27.8 Å². The molecule has 2 rings (SSSR count). The smallest absolute Gasteiger partial charge is 0.410 e. The van der Waals surface area contributed by atoms with E-state index in [1.165, 1.54) is 13.3 Å². The number of rotatable bonds is 2. The van der Waals surface area contributed by atoms with E-state index >= 15 is 0 Å². The first-order valence-electron chi connectivity index (χ1n) is 8.09. The maximum atomic E-state index is 12.4. The van der Waals surface area contributed by atoms with Gasteiger partial charge in [0.1, 0.15) is 11.3 Å². The Morgan fingerprint density at radius 2 is 2.00 bits per heavy atom. The summed E-state index contributed by atoms with van der Waals surface area (Å²) in [6.07, 6.45) is 2.65. The van der Waals surface area contributed by atoms with E-state index in [0.717, 1.165) is 12.8 Å². The lowest BCUT2D eigenvalue weighted by Crippen LogP contribution is -2.36. The highest BCUT2D eigenvalue weighted by Crippen LogP contribution is 2.36. The number of nitrogen functional groups attached to an aromatic ring is 1. The molecule has 0 aliphatic carbocycles. The molecule has 1 aromatic heterocycles.